The van der Waals surface area contributed by atoms with Gasteiger partial charge in [-0.1, -0.05) is 28.1 Å². The van der Waals surface area contributed by atoms with Crippen molar-refractivity contribution in [3.05, 3.63) is 34.3 Å². The van der Waals surface area contributed by atoms with Crippen LogP contribution in [0.3, 0.4) is 0 Å². The Balaban J connectivity index is 2.62. The van der Waals surface area contributed by atoms with E-state index in [1.165, 1.54) is 0 Å². The van der Waals surface area contributed by atoms with Crippen molar-refractivity contribution in [2.75, 3.05) is 0 Å². The van der Waals surface area contributed by atoms with E-state index in [1.54, 1.807) is 24.3 Å². The van der Waals surface area contributed by atoms with Crippen molar-refractivity contribution in [1.82, 2.24) is 0 Å². The summed E-state index contributed by atoms with van der Waals surface area (Å²) in [5, 5.41) is -3.30. The average molecular weight is 298 g/mol. The number of carbonyl (C=O) groups excluding carboxylic acids is 1. The summed E-state index contributed by atoms with van der Waals surface area (Å²) in [6, 6.07) is 6.61. The van der Waals surface area contributed by atoms with Crippen LogP contribution in [0.4, 0.5) is 8.78 Å². The largest absolute Gasteiger partial charge is 0.322 e. The Labute approximate surface area is 99.6 Å². The predicted molar refractivity (Wildman–Crippen MR) is 58.5 cm³/mol. The van der Waals surface area contributed by atoms with E-state index in [-0.39, 0.29) is 12.2 Å². The molecule has 1 aromatic carbocycles. The van der Waals surface area contributed by atoms with Crippen LogP contribution in [0.15, 0.2) is 28.7 Å². The molecule has 1 rings (SSSR count). The van der Waals surface area contributed by atoms with Crippen molar-refractivity contribution in [1.29, 1.82) is 0 Å². The van der Waals surface area contributed by atoms with Crippen molar-refractivity contribution in [3.63, 3.8) is 0 Å². The molecule has 0 saturated carbocycles. The van der Waals surface area contributed by atoms with Crippen molar-refractivity contribution < 1.29 is 13.6 Å². The number of benzene rings is 1. The van der Waals surface area contributed by atoms with Crippen LogP contribution in [0.2, 0.25) is 0 Å². The highest BCUT2D eigenvalue weighted by Crippen LogP contribution is 2.26. The van der Waals surface area contributed by atoms with Gasteiger partial charge in [0, 0.05) is 22.9 Å². The Morgan fingerprint density at radius 1 is 1.47 bits per heavy atom. The second-order valence-corrected chi connectivity index (χ2v) is 4.52. The Morgan fingerprint density at radius 2 is 2.13 bits per heavy atom. The predicted octanol–water partition coefficient (Wildman–Crippen LogP) is 4.24. The van der Waals surface area contributed by atoms with E-state index in [9.17, 15) is 13.6 Å². The number of hydrogen-bond donors (Lipinski definition) is 0. The van der Waals surface area contributed by atoms with Crippen LogP contribution in [0.1, 0.15) is 23.2 Å². The third kappa shape index (κ3) is 4.71. The van der Waals surface area contributed by atoms with E-state index in [0.717, 1.165) is 4.47 Å². The Morgan fingerprint density at radius 3 is 2.67 bits per heavy atom. The maximum atomic E-state index is 12.3. The van der Waals surface area contributed by atoms with Gasteiger partial charge in [0.05, 0.1) is 0 Å². The number of alkyl halides is 3. The summed E-state index contributed by atoms with van der Waals surface area (Å²) in [6.45, 7) is 0. The van der Waals surface area contributed by atoms with E-state index in [4.69, 9.17) is 11.6 Å². The monoisotopic (exact) mass is 296 g/mol. The number of rotatable bonds is 4. The van der Waals surface area contributed by atoms with Crippen LogP contribution in [0.25, 0.3) is 0 Å². The van der Waals surface area contributed by atoms with Gasteiger partial charge in [0.1, 0.15) is 0 Å². The van der Waals surface area contributed by atoms with Gasteiger partial charge in [-0.3, -0.25) is 4.79 Å². The fourth-order valence-corrected chi connectivity index (χ4v) is 1.56. The van der Waals surface area contributed by atoms with Crippen molar-refractivity contribution in [2.45, 2.75) is 18.2 Å². The molecule has 0 amide bonds. The summed E-state index contributed by atoms with van der Waals surface area (Å²) in [4.78, 5) is 11.4. The molecule has 0 spiro atoms. The standard InChI is InChI=1S/C10H8BrClF2O/c11-8-3-1-2-7(6-8)9(15)4-5-10(12,13)14/h1-3,6H,4-5H2. The first-order valence-corrected chi connectivity index (χ1v) is 5.41. The number of Topliss-reactive ketones (excluding diaryl/α,β-unsaturated/α-hetero) is 1. The van der Waals surface area contributed by atoms with Crippen LogP contribution in [-0.2, 0) is 0 Å². The molecule has 0 heterocycles. The van der Waals surface area contributed by atoms with Gasteiger partial charge in [0.25, 0.3) is 0 Å². The first kappa shape index (κ1) is 12.6. The zero-order valence-corrected chi connectivity index (χ0v) is 9.99. The van der Waals surface area contributed by atoms with E-state index in [0.29, 0.717) is 5.56 Å². The molecule has 5 heteroatoms. The molecule has 1 aromatic rings. The molecule has 0 radical (unpaired) electrons. The molecule has 0 bridgehead atoms. The van der Waals surface area contributed by atoms with Gasteiger partial charge >= 0.3 is 5.38 Å². The Hall–Kier alpha value is -0.480. The molecule has 0 N–H and O–H groups in total. The highest BCUT2D eigenvalue weighted by atomic mass is 79.9. The van der Waals surface area contributed by atoms with Crippen LogP contribution in [-0.4, -0.2) is 11.2 Å². The SMILES string of the molecule is O=C(CCC(F)(F)Cl)c1cccc(Br)c1. The molecule has 0 aliphatic rings. The average Bonchev–Trinajstić information content (AvgIpc) is 2.13. The minimum atomic E-state index is -3.30. The van der Waals surface area contributed by atoms with E-state index >= 15 is 0 Å². The lowest BCUT2D eigenvalue weighted by molar-refractivity contribution is 0.0735. The highest BCUT2D eigenvalue weighted by molar-refractivity contribution is 9.10. The van der Waals surface area contributed by atoms with E-state index in [1.807, 2.05) is 0 Å². The molecule has 0 aliphatic heterocycles. The molecule has 0 unspecified atom stereocenters. The summed E-state index contributed by atoms with van der Waals surface area (Å²) in [5.41, 5.74) is 0.408. The normalized spacial score (nSPS) is 11.5. The molecular formula is C10H8BrClF2O. The van der Waals surface area contributed by atoms with E-state index in [2.05, 4.69) is 15.9 Å². The first-order chi connectivity index (χ1) is 6.88. The molecule has 0 atom stereocenters. The van der Waals surface area contributed by atoms with Crippen LogP contribution in [0.5, 0.6) is 0 Å². The van der Waals surface area contributed by atoms with Gasteiger partial charge in [0.2, 0.25) is 0 Å². The molecule has 0 aliphatic carbocycles. The van der Waals surface area contributed by atoms with Crippen molar-refractivity contribution in [2.24, 2.45) is 0 Å². The van der Waals surface area contributed by atoms with E-state index < -0.39 is 11.8 Å². The summed E-state index contributed by atoms with van der Waals surface area (Å²) < 4.78 is 25.3. The smallest absolute Gasteiger partial charge is 0.294 e. The lowest BCUT2D eigenvalue weighted by atomic mass is 10.1. The third-order valence-corrected chi connectivity index (χ3v) is 2.46. The number of carbonyl (C=O) groups is 1. The van der Waals surface area contributed by atoms with Crippen LogP contribution in [0, 0.1) is 0 Å². The molecule has 82 valence electrons. The second-order valence-electron chi connectivity index (χ2n) is 3.05. The van der Waals surface area contributed by atoms with Crippen molar-refractivity contribution in [3.8, 4) is 0 Å². The quantitative estimate of drug-likeness (QED) is 0.600. The number of halogens is 4. The summed E-state index contributed by atoms with van der Waals surface area (Å²) in [6.07, 6.45) is -0.896. The fourth-order valence-electron chi connectivity index (χ4n) is 1.06. The summed E-state index contributed by atoms with van der Waals surface area (Å²) >= 11 is 7.90. The summed E-state index contributed by atoms with van der Waals surface area (Å²) in [5.74, 6) is -0.336. The second kappa shape index (κ2) is 5.03. The molecule has 1 nitrogen and oxygen atoms in total. The van der Waals surface area contributed by atoms with Gasteiger partial charge in [0.15, 0.2) is 5.78 Å². The zero-order chi connectivity index (χ0) is 11.5. The third-order valence-electron chi connectivity index (χ3n) is 1.78. The van der Waals surface area contributed by atoms with Gasteiger partial charge in [-0.2, -0.15) is 8.78 Å². The molecule has 0 aromatic heterocycles. The minimum Gasteiger partial charge on any atom is -0.294 e. The lowest BCUT2D eigenvalue weighted by Crippen LogP contribution is -2.09. The summed E-state index contributed by atoms with van der Waals surface area (Å²) in [7, 11) is 0. The molecular weight excluding hydrogens is 289 g/mol. The van der Waals surface area contributed by atoms with Crippen LogP contribution >= 0.6 is 27.5 Å². The number of ketones is 1. The van der Waals surface area contributed by atoms with Gasteiger partial charge < -0.3 is 0 Å². The maximum Gasteiger partial charge on any atom is 0.322 e. The van der Waals surface area contributed by atoms with Gasteiger partial charge in [-0.05, 0) is 23.7 Å². The van der Waals surface area contributed by atoms with Gasteiger partial charge in [-0.25, -0.2) is 0 Å². The Bertz CT molecular complexity index is 363. The van der Waals surface area contributed by atoms with Gasteiger partial charge in [-0.15, -0.1) is 0 Å². The lowest BCUT2D eigenvalue weighted by Gasteiger charge is -2.06. The number of hydrogen-bond acceptors (Lipinski definition) is 1. The highest BCUT2D eigenvalue weighted by Gasteiger charge is 2.25. The minimum absolute atomic E-state index is 0.257. The Kier molecular flexibility index (Phi) is 4.22. The molecule has 0 saturated heterocycles. The van der Waals surface area contributed by atoms with Crippen molar-refractivity contribution >= 4 is 33.3 Å². The van der Waals surface area contributed by atoms with Crippen LogP contribution < -0.4 is 0 Å². The maximum absolute atomic E-state index is 12.3. The first-order valence-electron chi connectivity index (χ1n) is 4.24. The topological polar surface area (TPSA) is 17.1 Å². The molecule has 15 heavy (non-hydrogen) atoms. The zero-order valence-electron chi connectivity index (χ0n) is 7.64. The fraction of sp³-hybridized carbons (Fsp3) is 0.300. The molecule has 0 fully saturated rings.